The molecule has 0 N–H and O–H groups in total. The van der Waals surface area contributed by atoms with Crippen molar-refractivity contribution in [3.63, 3.8) is 0 Å². The number of nitrogens with zero attached hydrogens (tertiary/aromatic N) is 2. The molecule has 5 unspecified atom stereocenters. The number of likely N-dealkylation sites (tertiary alicyclic amines) is 1. The van der Waals surface area contributed by atoms with Gasteiger partial charge < -0.3 is 4.74 Å². The highest BCUT2D eigenvalue weighted by Crippen LogP contribution is 2.65. The van der Waals surface area contributed by atoms with Gasteiger partial charge in [0.05, 0.1) is 12.1 Å². The Morgan fingerprint density at radius 3 is 3.24 bits per heavy atom. The first-order valence-electron chi connectivity index (χ1n) is 8.29. The van der Waals surface area contributed by atoms with Crippen molar-refractivity contribution in [1.29, 1.82) is 0 Å². The number of esters is 1. The molecule has 3 fully saturated rings. The largest absolute Gasteiger partial charge is 0.464 e. The van der Waals surface area contributed by atoms with E-state index in [9.17, 15) is 4.79 Å². The van der Waals surface area contributed by atoms with Crippen LogP contribution in [0.5, 0.6) is 0 Å². The molecule has 3 heterocycles. The van der Waals surface area contributed by atoms with Gasteiger partial charge in [-0.2, -0.15) is 0 Å². The van der Waals surface area contributed by atoms with E-state index in [4.69, 9.17) is 9.73 Å². The molecule has 4 nitrogen and oxygen atoms in total. The summed E-state index contributed by atoms with van der Waals surface area (Å²) in [4.78, 5) is 20.3. The molecule has 5 aliphatic rings. The third kappa shape index (κ3) is 1.35. The Hall–Kier alpha value is -1.16. The highest BCUT2D eigenvalue weighted by molar-refractivity contribution is 5.89. The van der Waals surface area contributed by atoms with Crippen LogP contribution >= 0.6 is 0 Å². The molecular weight excluding hydrogens is 264 g/mol. The highest BCUT2D eigenvalue weighted by Gasteiger charge is 2.77. The van der Waals surface area contributed by atoms with E-state index >= 15 is 0 Å². The number of ether oxygens (including phenoxy) is 1. The molecule has 1 saturated heterocycles. The minimum absolute atomic E-state index is 0.0807. The van der Waals surface area contributed by atoms with E-state index < -0.39 is 5.54 Å². The third-order valence-electron chi connectivity index (χ3n) is 6.42. The normalized spacial score (nSPS) is 46.6. The summed E-state index contributed by atoms with van der Waals surface area (Å²) in [5.74, 6) is 1.37. The van der Waals surface area contributed by atoms with Crippen molar-refractivity contribution in [3.8, 4) is 0 Å². The fourth-order valence-corrected chi connectivity index (χ4v) is 5.97. The lowest BCUT2D eigenvalue weighted by Gasteiger charge is -2.56. The van der Waals surface area contributed by atoms with Gasteiger partial charge in [-0.25, -0.2) is 4.79 Å². The molecule has 5 atom stereocenters. The molecule has 2 aliphatic carbocycles. The van der Waals surface area contributed by atoms with E-state index in [1.165, 1.54) is 12.8 Å². The molecule has 5 rings (SSSR count). The zero-order valence-corrected chi connectivity index (χ0v) is 12.8. The van der Waals surface area contributed by atoms with Gasteiger partial charge in [-0.05, 0) is 38.0 Å². The number of rotatable bonds is 4. The Balaban J connectivity index is 1.87. The summed E-state index contributed by atoms with van der Waals surface area (Å²) in [7, 11) is 0. The second-order valence-corrected chi connectivity index (χ2v) is 6.98. The molecule has 1 spiro atoms. The Kier molecular flexibility index (Phi) is 2.84. The zero-order valence-electron chi connectivity index (χ0n) is 12.8. The van der Waals surface area contributed by atoms with Gasteiger partial charge in [0.15, 0.2) is 5.54 Å². The molecule has 2 saturated carbocycles. The number of hydrogen-bond acceptors (Lipinski definition) is 4. The summed E-state index contributed by atoms with van der Waals surface area (Å²) in [5.41, 5.74) is -0.738. The van der Waals surface area contributed by atoms with E-state index in [1.807, 2.05) is 13.0 Å². The van der Waals surface area contributed by atoms with E-state index in [0.29, 0.717) is 24.4 Å². The number of carbonyl (C=O) groups excluding carboxylic acids is 1. The van der Waals surface area contributed by atoms with Crippen LogP contribution in [0.25, 0.3) is 0 Å². The van der Waals surface area contributed by atoms with Crippen LogP contribution in [0, 0.1) is 17.8 Å². The van der Waals surface area contributed by atoms with Crippen molar-refractivity contribution in [2.24, 2.45) is 22.7 Å². The highest BCUT2D eigenvalue weighted by atomic mass is 16.5. The molecule has 4 heteroatoms. The van der Waals surface area contributed by atoms with Gasteiger partial charge in [0.2, 0.25) is 0 Å². The van der Waals surface area contributed by atoms with Crippen molar-refractivity contribution in [3.05, 3.63) is 12.7 Å². The lowest BCUT2D eigenvalue weighted by molar-refractivity contribution is -0.160. The monoisotopic (exact) mass is 288 g/mol. The summed E-state index contributed by atoms with van der Waals surface area (Å²) < 4.78 is 5.51. The van der Waals surface area contributed by atoms with Gasteiger partial charge >= 0.3 is 5.97 Å². The average Bonchev–Trinajstić information content (AvgIpc) is 3.02. The summed E-state index contributed by atoms with van der Waals surface area (Å²) in [6.45, 7) is 8.07. The molecule has 0 amide bonds. The summed E-state index contributed by atoms with van der Waals surface area (Å²) in [5, 5.41) is 0. The quantitative estimate of drug-likeness (QED) is 0.587. The molecule has 0 radical (unpaired) electrons. The smallest absolute Gasteiger partial charge is 0.336 e. The second kappa shape index (κ2) is 4.42. The topological polar surface area (TPSA) is 41.9 Å². The van der Waals surface area contributed by atoms with Crippen LogP contribution in [0.2, 0.25) is 0 Å². The molecule has 0 aromatic carbocycles. The minimum Gasteiger partial charge on any atom is -0.464 e. The summed E-state index contributed by atoms with van der Waals surface area (Å²) in [6, 6.07) is 0. The summed E-state index contributed by atoms with van der Waals surface area (Å²) >= 11 is 0. The van der Waals surface area contributed by atoms with Crippen LogP contribution in [0.1, 0.15) is 32.6 Å². The molecule has 114 valence electrons. The molecule has 0 aromatic heterocycles. The first-order valence-corrected chi connectivity index (χ1v) is 8.29. The lowest BCUT2D eigenvalue weighted by Crippen LogP contribution is -2.70. The zero-order chi connectivity index (χ0) is 14.7. The van der Waals surface area contributed by atoms with Crippen LogP contribution in [-0.2, 0) is 9.53 Å². The molecule has 21 heavy (non-hydrogen) atoms. The fourth-order valence-electron chi connectivity index (χ4n) is 5.97. The molecular formula is C17H24N2O2. The van der Waals surface area contributed by atoms with Gasteiger partial charge in [-0.1, -0.05) is 12.5 Å². The maximum Gasteiger partial charge on any atom is 0.336 e. The van der Waals surface area contributed by atoms with Gasteiger partial charge in [0.25, 0.3) is 0 Å². The minimum atomic E-state index is -0.637. The number of hydrogen-bond donors (Lipinski definition) is 0. The Bertz CT molecular complexity index is 517. The standard InChI is InChI=1S/C17H24N2O2/c1-3-8-19-11-13-9-12-10-18-17(13,15(20)21-4-2)16(19)7-5-6-14(12)16/h3,10,12-14H,1,4-9,11H2,2H3. The molecule has 3 aliphatic heterocycles. The van der Waals surface area contributed by atoms with Crippen LogP contribution in [0.4, 0.5) is 0 Å². The van der Waals surface area contributed by atoms with Crippen molar-refractivity contribution < 1.29 is 9.53 Å². The SMILES string of the molecule is C=CCN1CC2CC3C=NC2(C(=O)OCC)C12CCCC32. The molecule has 4 bridgehead atoms. The van der Waals surface area contributed by atoms with Crippen LogP contribution in [0.3, 0.4) is 0 Å². The lowest BCUT2D eigenvalue weighted by atomic mass is 9.55. The predicted octanol–water partition coefficient (Wildman–Crippen LogP) is 2.05. The van der Waals surface area contributed by atoms with Crippen molar-refractivity contribution in [2.75, 3.05) is 19.7 Å². The summed E-state index contributed by atoms with van der Waals surface area (Å²) in [6.07, 6.45) is 8.65. The van der Waals surface area contributed by atoms with E-state index in [0.717, 1.165) is 25.9 Å². The van der Waals surface area contributed by atoms with Crippen molar-refractivity contribution in [1.82, 2.24) is 4.90 Å². The Morgan fingerprint density at radius 1 is 1.62 bits per heavy atom. The van der Waals surface area contributed by atoms with Crippen LogP contribution in [-0.4, -0.2) is 47.9 Å². The maximum absolute atomic E-state index is 12.9. The van der Waals surface area contributed by atoms with Gasteiger partial charge in [-0.3, -0.25) is 9.89 Å². The van der Waals surface area contributed by atoms with E-state index in [-0.39, 0.29) is 11.5 Å². The number of carbonyl (C=O) groups is 1. The van der Waals surface area contributed by atoms with Crippen LogP contribution in [0.15, 0.2) is 17.6 Å². The third-order valence-corrected chi connectivity index (χ3v) is 6.42. The maximum atomic E-state index is 12.9. The van der Waals surface area contributed by atoms with Gasteiger partial charge in [-0.15, -0.1) is 6.58 Å². The Morgan fingerprint density at radius 2 is 2.48 bits per heavy atom. The predicted molar refractivity (Wildman–Crippen MR) is 81.3 cm³/mol. The van der Waals surface area contributed by atoms with Crippen molar-refractivity contribution in [2.45, 2.75) is 43.7 Å². The van der Waals surface area contributed by atoms with E-state index in [2.05, 4.69) is 17.7 Å². The number of aliphatic imine (C=N–C) groups is 1. The first kappa shape index (κ1) is 13.5. The van der Waals surface area contributed by atoms with Crippen LogP contribution < -0.4 is 0 Å². The second-order valence-electron chi connectivity index (χ2n) is 6.98. The Labute approximate surface area is 126 Å². The van der Waals surface area contributed by atoms with Gasteiger partial charge in [0.1, 0.15) is 0 Å². The van der Waals surface area contributed by atoms with E-state index in [1.54, 1.807) is 0 Å². The fraction of sp³-hybridized carbons (Fsp3) is 0.765. The average molecular weight is 288 g/mol. The van der Waals surface area contributed by atoms with Gasteiger partial charge in [0, 0.05) is 25.2 Å². The first-order chi connectivity index (χ1) is 10.2. The molecule has 0 aromatic rings. The van der Waals surface area contributed by atoms with Crippen molar-refractivity contribution >= 4 is 12.2 Å².